The molecule has 0 saturated heterocycles. The van der Waals surface area contributed by atoms with Gasteiger partial charge in [0.05, 0.1) is 13.7 Å². The Morgan fingerprint density at radius 1 is 1.42 bits per heavy atom. The molecule has 128 valence electrons. The van der Waals surface area contributed by atoms with Crippen molar-refractivity contribution in [2.24, 2.45) is 0 Å². The number of nitrogens with zero attached hydrogens (tertiary/aromatic N) is 1. The van der Waals surface area contributed by atoms with Crippen LogP contribution >= 0.6 is 11.3 Å². The lowest BCUT2D eigenvalue weighted by Crippen LogP contribution is -2.40. The van der Waals surface area contributed by atoms with Crippen LogP contribution < -0.4 is 10.1 Å². The zero-order chi connectivity index (χ0) is 17.1. The minimum atomic E-state index is -0.0441. The normalized spacial score (nSPS) is 13.6. The highest BCUT2D eigenvalue weighted by Crippen LogP contribution is 2.31. The van der Waals surface area contributed by atoms with Crippen molar-refractivity contribution >= 4 is 17.4 Å². The highest BCUT2D eigenvalue weighted by molar-refractivity contribution is 7.10. The van der Waals surface area contributed by atoms with Gasteiger partial charge in [-0.2, -0.15) is 0 Å². The van der Waals surface area contributed by atoms with Gasteiger partial charge >= 0.3 is 6.03 Å². The predicted molar refractivity (Wildman–Crippen MR) is 94.5 cm³/mol. The lowest BCUT2D eigenvalue weighted by atomic mass is 10.2. The Morgan fingerprint density at radius 2 is 2.21 bits per heavy atom. The minimum absolute atomic E-state index is 0.0441. The molecule has 1 aromatic heterocycles. The van der Waals surface area contributed by atoms with E-state index in [0.717, 1.165) is 18.4 Å². The van der Waals surface area contributed by atoms with Crippen LogP contribution in [-0.4, -0.2) is 29.2 Å². The number of phenolic OH excluding ortho intramolecular Hbond substituents is 1. The van der Waals surface area contributed by atoms with Gasteiger partial charge in [0, 0.05) is 17.5 Å². The Hall–Kier alpha value is -2.21. The van der Waals surface area contributed by atoms with Crippen molar-refractivity contribution in [3.05, 3.63) is 45.6 Å². The summed E-state index contributed by atoms with van der Waals surface area (Å²) in [6.45, 7) is 3.13. The van der Waals surface area contributed by atoms with Gasteiger partial charge in [0.25, 0.3) is 0 Å². The average Bonchev–Trinajstić information content (AvgIpc) is 3.34. The molecule has 1 saturated carbocycles. The van der Waals surface area contributed by atoms with Gasteiger partial charge < -0.3 is 20.1 Å². The van der Waals surface area contributed by atoms with E-state index in [4.69, 9.17) is 4.74 Å². The van der Waals surface area contributed by atoms with E-state index >= 15 is 0 Å². The molecular formula is C18H22N2O3S. The SMILES string of the molecule is COc1cc(CN(C(=O)NCc2sccc2C)C2CC2)ccc1O. The molecule has 5 nitrogen and oxygen atoms in total. The number of hydrogen-bond acceptors (Lipinski definition) is 4. The zero-order valence-electron chi connectivity index (χ0n) is 13.9. The first-order valence-electron chi connectivity index (χ1n) is 8.02. The Kier molecular flexibility index (Phi) is 4.94. The van der Waals surface area contributed by atoms with Gasteiger partial charge in [-0.25, -0.2) is 4.79 Å². The number of ether oxygens (including phenoxy) is 1. The van der Waals surface area contributed by atoms with Crippen LogP contribution in [0.4, 0.5) is 4.79 Å². The molecule has 0 bridgehead atoms. The molecule has 1 aliphatic rings. The number of aryl methyl sites for hydroxylation is 1. The molecule has 1 aliphatic carbocycles. The van der Waals surface area contributed by atoms with Crippen molar-refractivity contribution in [3.8, 4) is 11.5 Å². The monoisotopic (exact) mass is 346 g/mol. The quantitative estimate of drug-likeness (QED) is 0.839. The van der Waals surface area contributed by atoms with Gasteiger partial charge in [0.2, 0.25) is 0 Å². The van der Waals surface area contributed by atoms with Crippen molar-refractivity contribution in [2.45, 2.75) is 38.9 Å². The topological polar surface area (TPSA) is 61.8 Å². The molecular weight excluding hydrogens is 324 g/mol. The van der Waals surface area contributed by atoms with Gasteiger partial charge in [-0.1, -0.05) is 6.07 Å². The number of carbonyl (C=O) groups excluding carboxylic acids is 1. The Morgan fingerprint density at radius 3 is 2.83 bits per heavy atom. The van der Waals surface area contributed by atoms with E-state index in [0.29, 0.717) is 24.9 Å². The van der Waals surface area contributed by atoms with Crippen molar-refractivity contribution in [3.63, 3.8) is 0 Å². The molecule has 2 aromatic rings. The highest BCUT2D eigenvalue weighted by atomic mass is 32.1. The predicted octanol–water partition coefficient (Wildman–Crippen LogP) is 3.64. The number of urea groups is 1. The Labute approximate surface area is 145 Å². The molecule has 2 N–H and O–H groups in total. The van der Waals surface area contributed by atoms with Crippen molar-refractivity contribution in [1.29, 1.82) is 0 Å². The van der Waals surface area contributed by atoms with E-state index in [9.17, 15) is 9.90 Å². The summed E-state index contributed by atoms with van der Waals surface area (Å²) in [7, 11) is 1.52. The summed E-state index contributed by atoms with van der Waals surface area (Å²) in [5, 5.41) is 14.8. The molecule has 3 rings (SSSR count). The molecule has 1 heterocycles. The molecule has 6 heteroatoms. The summed E-state index contributed by atoms with van der Waals surface area (Å²) in [6.07, 6.45) is 2.08. The maximum atomic E-state index is 12.6. The van der Waals surface area contributed by atoms with E-state index in [1.807, 2.05) is 16.3 Å². The van der Waals surface area contributed by atoms with Crippen LogP contribution in [0.2, 0.25) is 0 Å². The summed E-state index contributed by atoms with van der Waals surface area (Å²) in [4.78, 5) is 15.7. The van der Waals surface area contributed by atoms with Crippen LogP contribution in [0.15, 0.2) is 29.6 Å². The standard InChI is InChI=1S/C18H22N2O3S/c1-12-7-8-24-17(12)10-19-18(22)20(14-4-5-14)11-13-3-6-15(21)16(9-13)23-2/h3,6-9,14,21H,4-5,10-11H2,1-2H3,(H,19,22). The first-order valence-corrected chi connectivity index (χ1v) is 8.89. The van der Waals surface area contributed by atoms with Gasteiger partial charge in [0.1, 0.15) is 0 Å². The third-order valence-corrected chi connectivity index (χ3v) is 5.24. The molecule has 2 amide bonds. The number of methoxy groups -OCH3 is 1. The van der Waals surface area contributed by atoms with E-state index in [2.05, 4.69) is 18.3 Å². The zero-order valence-corrected chi connectivity index (χ0v) is 14.7. The van der Waals surface area contributed by atoms with Gasteiger partial charge in [-0.05, 0) is 54.5 Å². The van der Waals surface area contributed by atoms with Crippen LogP contribution in [0, 0.1) is 6.92 Å². The van der Waals surface area contributed by atoms with Crippen LogP contribution in [0.1, 0.15) is 28.8 Å². The third-order valence-electron chi connectivity index (χ3n) is 4.21. The number of amides is 2. The van der Waals surface area contributed by atoms with Crippen molar-refractivity contribution in [2.75, 3.05) is 7.11 Å². The number of aromatic hydroxyl groups is 1. The Balaban J connectivity index is 1.66. The summed E-state index contributed by atoms with van der Waals surface area (Å²) in [5.74, 6) is 0.537. The van der Waals surface area contributed by atoms with Crippen LogP contribution in [-0.2, 0) is 13.1 Å². The fourth-order valence-electron chi connectivity index (χ4n) is 2.61. The van der Waals surface area contributed by atoms with E-state index < -0.39 is 0 Å². The molecule has 1 aromatic carbocycles. The molecule has 0 radical (unpaired) electrons. The van der Waals surface area contributed by atoms with Crippen molar-refractivity contribution in [1.82, 2.24) is 10.2 Å². The number of hydrogen-bond donors (Lipinski definition) is 2. The Bertz CT molecular complexity index is 725. The largest absolute Gasteiger partial charge is 0.504 e. The molecule has 0 aliphatic heterocycles. The number of phenols is 1. The van der Waals surface area contributed by atoms with E-state index in [1.54, 1.807) is 23.5 Å². The number of carbonyl (C=O) groups is 1. The van der Waals surface area contributed by atoms with Crippen LogP contribution in [0.5, 0.6) is 11.5 Å². The van der Waals surface area contributed by atoms with E-state index in [-0.39, 0.29) is 11.8 Å². The van der Waals surface area contributed by atoms with E-state index in [1.165, 1.54) is 17.6 Å². The smallest absolute Gasteiger partial charge is 0.318 e. The third kappa shape index (κ3) is 3.82. The maximum absolute atomic E-state index is 12.6. The van der Waals surface area contributed by atoms with Gasteiger partial charge in [-0.3, -0.25) is 0 Å². The summed E-state index contributed by atoms with van der Waals surface area (Å²) in [6, 6.07) is 7.52. The first kappa shape index (κ1) is 16.6. The van der Waals surface area contributed by atoms with Gasteiger partial charge in [0.15, 0.2) is 11.5 Å². The van der Waals surface area contributed by atoms with Crippen LogP contribution in [0.25, 0.3) is 0 Å². The second kappa shape index (κ2) is 7.13. The lowest BCUT2D eigenvalue weighted by molar-refractivity contribution is 0.191. The van der Waals surface area contributed by atoms with Crippen LogP contribution in [0.3, 0.4) is 0 Å². The summed E-state index contributed by atoms with van der Waals surface area (Å²) >= 11 is 1.66. The second-order valence-corrected chi connectivity index (χ2v) is 7.05. The summed E-state index contributed by atoms with van der Waals surface area (Å²) < 4.78 is 5.15. The molecule has 0 unspecified atom stereocenters. The number of nitrogens with one attached hydrogen (secondary N) is 1. The molecule has 0 spiro atoms. The van der Waals surface area contributed by atoms with Crippen molar-refractivity contribution < 1.29 is 14.6 Å². The average molecular weight is 346 g/mol. The highest BCUT2D eigenvalue weighted by Gasteiger charge is 2.32. The number of thiophene rings is 1. The van der Waals surface area contributed by atoms with Gasteiger partial charge in [-0.15, -0.1) is 11.3 Å². The molecule has 1 fully saturated rings. The maximum Gasteiger partial charge on any atom is 0.318 e. The molecule has 0 atom stereocenters. The number of rotatable bonds is 6. The first-order chi connectivity index (χ1) is 11.6. The summed E-state index contributed by atoms with van der Waals surface area (Å²) in [5.41, 5.74) is 2.15. The molecule has 24 heavy (non-hydrogen) atoms. The number of benzene rings is 1. The fourth-order valence-corrected chi connectivity index (χ4v) is 3.46. The lowest BCUT2D eigenvalue weighted by Gasteiger charge is -2.23. The fraction of sp³-hybridized carbons (Fsp3) is 0.389. The second-order valence-electron chi connectivity index (χ2n) is 6.05. The minimum Gasteiger partial charge on any atom is -0.504 e.